The summed E-state index contributed by atoms with van der Waals surface area (Å²) in [6.45, 7) is 3.85. The molecule has 0 saturated carbocycles. The molecule has 3 aromatic rings. The van der Waals surface area contributed by atoms with Crippen LogP contribution in [-0.4, -0.2) is 35.7 Å². The Morgan fingerprint density at radius 1 is 1.05 bits per heavy atom. The maximum absolute atomic E-state index is 12.9. The Balaban J connectivity index is 1.42. The second-order valence-corrected chi connectivity index (χ2v) is 10.8. The zero-order valence-electron chi connectivity index (χ0n) is 20.8. The van der Waals surface area contributed by atoms with Crippen LogP contribution in [0.25, 0.3) is 6.08 Å². The minimum absolute atomic E-state index is 0.163. The van der Waals surface area contributed by atoms with Crippen LogP contribution in [0.15, 0.2) is 64.0 Å². The van der Waals surface area contributed by atoms with E-state index in [0.717, 1.165) is 32.9 Å². The fourth-order valence-corrected chi connectivity index (χ4v) is 5.10. The molecule has 10 heteroatoms. The zero-order chi connectivity index (χ0) is 27.4. The molecule has 1 saturated heterocycles. The van der Waals surface area contributed by atoms with E-state index in [4.69, 9.17) is 21.1 Å². The largest absolute Gasteiger partial charge is 0.493 e. The van der Waals surface area contributed by atoms with E-state index in [0.29, 0.717) is 32.7 Å². The monoisotopic (exact) mass is 614 g/mol. The van der Waals surface area contributed by atoms with Gasteiger partial charge in [-0.15, -0.1) is 0 Å². The van der Waals surface area contributed by atoms with Gasteiger partial charge in [-0.25, -0.2) is 0 Å². The lowest BCUT2D eigenvalue weighted by atomic mass is 10.1. The Labute approximate surface area is 238 Å². The Bertz CT molecular complexity index is 1440. The highest BCUT2D eigenvalue weighted by Gasteiger charge is 2.35. The number of halogens is 2. The van der Waals surface area contributed by atoms with E-state index >= 15 is 0 Å². The molecule has 1 aliphatic heterocycles. The predicted molar refractivity (Wildman–Crippen MR) is 154 cm³/mol. The van der Waals surface area contributed by atoms with E-state index in [-0.39, 0.29) is 30.2 Å². The number of benzene rings is 3. The van der Waals surface area contributed by atoms with Gasteiger partial charge in [0, 0.05) is 15.2 Å². The summed E-state index contributed by atoms with van der Waals surface area (Å²) in [5, 5.41) is 3.10. The van der Waals surface area contributed by atoms with Gasteiger partial charge in [0.25, 0.3) is 17.1 Å². The molecular weight excluding hydrogens is 592 g/mol. The summed E-state index contributed by atoms with van der Waals surface area (Å²) < 4.78 is 12.1. The third kappa shape index (κ3) is 6.40. The average molecular weight is 616 g/mol. The van der Waals surface area contributed by atoms with Crippen LogP contribution in [0.5, 0.6) is 11.5 Å². The van der Waals surface area contributed by atoms with E-state index in [1.54, 1.807) is 48.5 Å². The number of thioether (sulfide) groups is 1. The molecule has 0 spiro atoms. The van der Waals surface area contributed by atoms with Gasteiger partial charge in [0.15, 0.2) is 18.1 Å². The average Bonchev–Trinajstić information content (AvgIpc) is 3.16. The van der Waals surface area contributed by atoms with Crippen LogP contribution in [0.1, 0.15) is 22.3 Å². The number of anilines is 1. The minimum Gasteiger partial charge on any atom is -0.493 e. The Morgan fingerprint density at radius 3 is 2.50 bits per heavy atom. The third-order valence-corrected chi connectivity index (χ3v) is 7.99. The number of amides is 3. The number of carbonyl (C=O) groups excluding carboxylic acids is 3. The van der Waals surface area contributed by atoms with Crippen LogP contribution in [0, 0.1) is 13.8 Å². The van der Waals surface area contributed by atoms with Crippen molar-refractivity contribution in [2.45, 2.75) is 20.4 Å². The lowest BCUT2D eigenvalue weighted by Crippen LogP contribution is -2.27. The zero-order valence-corrected chi connectivity index (χ0v) is 24.0. The molecule has 1 aliphatic rings. The topological polar surface area (TPSA) is 84.9 Å². The first kappa shape index (κ1) is 27.8. The fraction of sp³-hybridized carbons (Fsp3) is 0.179. The second kappa shape index (κ2) is 12.1. The number of hydrogen-bond acceptors (Lipinski definition) is 6. The van der Waals surface area contributed by atoms with Crippen LogP contribution in [0.4, 0.5) is 10.5 Å². The molecule has 0 aliphatic carbocycles. The maximum atomic E-state index is 12.9. The molecule has 4 rings (SSSR count). The second-order valence-electron chi connectivity index (χ2n) is 8.49. The molecule has 1 fully saturated rings. The summed E-state index contributed by atoms with van der Waals surface area (Å²) in [5.74, 6) is 0.0849. The predicted octanol–water partition coefficient (Wildman–Crippen LogP) is 6.98. The molecule has 196 valence electrons. The van der Waals surface area contributed by atoms with Crippen LogP contribution >= 0.6 is 39.3 Å². The minimum atomic E-state index is -0.371. The SMILES string of the molecule is COc1cc(/C=C2\SC(=O)N(Cc3ccc(Cl)cc3)C2=O)ccc1OCC(=O)Nc1ccc(Br)c(C)c1C. The van der Waals surface area contributed by atoms with Crippen molar-refractivity contribution in [3.8, 4) is 11.5 Å². The van der Waals surface area contributed by atoms with Crippen LogP contribution in [-0.2, 0) is 16.1 Å². The van der Waals surface area contributed by atoms with Crippen LogP contribution in [0.3, 0.4) is 0 Å². The van der Waals surface area contributed by atoms with Crippen molar-refractivity contribution in [2.24, 2.45) is 0 Å². The number of rotatable bonds is 8. The van der Waals surface area contributed by atoms with E-state index in [1.807, 2.05) is 26.0 Å². The number of nitrogens with one attached hydrogen (secondary N) is 1. The summed E-state index contributed by atoms with van der Waals surface area (Å²) in [4.78, 5) is 39.4. The van der Waals surface area contributed by atoms with Gasteiger partial charge in [0.05, 0.1) is 18.6 Å². The van der Waals surface area contributed by atoms with Gasteiger partial charge in [-0.2, -0.15) is 0 Å². The molecule has 0 radical (unpaired) electrons. The highest BCUT2D eigenvalue weighted by molar-refractivity contribution is 9.10. The smallest absolute Gasteiger partial charge is 0.293 e. The molecular formula is C28H24BrClN2O5S. The number of imide groups is 1. The Hall–Kier alpha value is -3.27. The summed E-state index contributed by atoms with van der Waals surface area (Å²) >= 11 is 10.3. The standard InChI is InChI=1S/C28H24BrClN2O5S/c1-16-17(2)22(10-9-21(16)29)31-26(33)15-37-23-11-6-19(12-24(23)36-3)13-25-27(34)32(28(35)38-25)14-18-4-7-20(30)8-5-18/h4-13H,14-15H2,1-3H3,(H,31,33)/b25-13-. The molecule has 38 heavy (non-hydrogen) atoms. The summed E-state index contributed by atoms with van der Waals surface area (Å²) in [7, 11) is 1.49. The quantitative estimate of drug-likeness (QED) is 0.275. The van der Waals surface area contributed by atoms with E-state index in [2.05, 4.69) is 21.2 Å². The van der Waals surface area contributed by atoms with Crippen molar-refractivity contribution in [1.82, 2.24) is 4.90 Å². The molecule has 7 nitrogen and oxygen atoms in total. The van der Waals surface area contributed by atoms with E-state index in [1.165, 1.54) is 12.0 Å². The van der Waals surface area contributed by atoms with Crippen molar-refractivity contribution >= 4 is 68.1 Å². The first-order chi connectivity index (χ1) is 18.2. The molecule has 0 bridgehead atoms. The van der Waals surface area contributed by atoms with Crippen molar-refractivity contribution in [3.05, 3.63) is 91.3 Å². The molecule has 3 amide bonds. The third-order valence-electron chi connectivity index (χ3n) is 5.97. The van der Waals surface area contributed by atoms with E-state index in [9.17, 15) is 14.4 Å². The highest BCUT2D eigenvalue weighted by Crippen LogP contribution is 2.35. The number of carbonyl (C=O) groups is 3. The van der Waals surface area contributed by atoms with Gasteiger partial charge in [0.1, 0.15) is 0 Å². The fourth-order valence-electron chi connectivity index (χ4n) is 3.71. The van der Waals surface area contributed by atoms with Crippen LogP contribution < -0.4 is 14.8 Å². The van der Waals surface area contributed by atoms with E-state index < -0.39 is 0 Å². The molecule has 3 aromatic carbocycles. The highest BCUT2D eigenvalue weighted by atomic mass is 79.9. The summed E-state index contributed by atoms with van der Waals surface area (Å²) in [6, 6.07) is 15.8. The van der Waals surface area contributed by atoms with Gasteiger partial charge >= 0.3 is 0 Å². The van der Waals surface area contributed by atoms with Gasteiger partial charge in [-0.1, -0.05) is 45.7 Å². The normalized spacial score (nSPS) is 14.2. The van der Waals surface area contributed by atoms with Crippen molar-refractivity contribution in [3.63, 3.8) is 0 Å². The van der Waals surface area contributed by atoms with Crippen molar-refractivity contribution in [2.75, 3.05) is 19.0 Å². The van der Waals surface area contributed by atoms with Gasteiger partial charge < -0.3 is 14.8 Å². The molecule has 1 N–H and O–H groups in total. The Morgan fingerprint density at radius 2 is 1.79 bits per heavy atom. The van der Waals surface area contributed by atoms with Crippen LogP contribution in [0.2, 0.25) is 5.02 Å². The molecule has 0 atom stereocenters. The molecule has 0 unspecified atom stereocenters. The lowest BCUT2D eigenvalue weighted by Gasteiger charge is -2.14. The lowest BCUT2D eigenvalue weighted by molar-refractivity contribution is -0.123. The summed E-state index contributed by atoms with van der Waals surface area (Å²) in [5.41, 5.74) is 4.18. The number of nitrogens with zero attached hydrogens (tertiary/aromatic N) is 1. The van der Waals surface area contributed by atoms with Gasteiger partial charge in [0.2, 0.25) is 0 Å². The number of ether oxygens (including phenoxy) is 2. The first-order valence-corrected chi connectivity index (χ1v) is 13.5. The first-order valence-electron chi connectivity index (χ1n) is 11.5. The number of methoxy groups -OCH3 is 1. The molecule has 0 aromatic heterocycles. The number of hydrogen-bond donors (Lipinski definition) is 1. The Kier molecular flexibility index (Phi) is 8.81. The molecule has 1 heterocycles. The van der Waals surface area contributed by atoms with Crippen molar-refractivity contribution in [1.29, 1.82) is 0 Å². The van der Waals surface area contributed by atoms with Gasteiger partial charge in [-0.3, -0.25) is 19.3 Å². The maximum Gasteiger partial charge on any atom is 0.293 e. The summed E-state index contributed by atoms with van der Waals surface area (Å²) in [6.07, 6.45) is 1.63. The van der Waals surface area contributed by atoms with Crippen molar-refractivity contribution < 1.29 is 23.9 Å². The van der Waals surface area contributed by atoms with Gasteiger partial charge in [-0.05, 0) is 90.3 Å².